The molecule has 2 bridgehead atoms. The zero-order valence-corrected chi connectivity index (χ0v) is 17.7. The molecule has 0 aromatic heterocycles. The van der Waals surface area contributed by atoms with Crippen molar-refractivity contribution >= 4 is 87.1 Å². The molecule has 1 aromatic carbocycles. The van der Waals surface area contributed by atoms with Gasteiger partial charge in [0.25, 0.3) is 0 Å². The Kier molecular flexibility index (Phi) is 4.37. The third-order valence-electron chi connectivity index (χ3n) is 5.34. The highest BCUT2D eigenvalue weighted by Crippen LogP contribution is 2.77. The predicted molar refractivity (Wildman–Crippen MR) is 101 cm³/mol. The summed E-state index contributed by atoms with van der Waals surface area (Å²) in [4.78, 5) is 22.7. The second-order valence-electron chi connectivity index (χ2n) is 6.64. The van der Waals surface area contributed by atoms with Crippen molar-refractivity contribution in [1.29, 1.82) is 0 Å². The molecule has 2 aliphatic carbocycles. The van der Waals surface area contributed by atoms with Crippen LogP contribution in [0, 0.1) is 11.8 Å². The average molecular weight is 514 g/mol. The first-order valence-electron chi connectivity index (χ1n) is 7.59. The molecule has 0 spiro atoms. The number of fused-ring (bicyclic) bond motifs is 5. The van der Waals surface area contributed by atoms with Crippen LogP contribution >= 0.6 is 69.6 Å². The first-order chi connectivity index (χ1) is 12.7. The van der Waals surface area contributed by atoms with E-state index in [0.29, 0.717) is 11.0 Å². The molecule has 0 unspecified atom stereocenters. The van der Waals surface area contributed by atoms with E-state index in [2.05, 4.69) is 0 Å². The van der Waals surface area contributed by atoms with Gasteiger partial charge in [0.2, 0.25) is 11.8 Å². The van der Waals surface area contributed by atoms with Crippen molar-refractivity contribution in [2.45, 2.75) is 20.3 Å². The van der Waals surface area contributed by atoms with Crippen LogP contribution in [0.2, 0.25) is 0 Å². The van der Waals surface area contributed by atoms with E-state index in [1.54, 1.807) is 0 Å². The molecule has 1 saturated heterocycles. The molecule has 4 rings (SSSR count). The quantitative estimate of drug-likeness (QED) is 0.359. The number of alkyl halides is 7. The van der Waals surface area contributed by atoms with Gasteiger partial charge in [0.15, 0.2) is 4.33 Å². The minimum absolute atomic E-state index is 0.274. The molecule has 1 heterocycles. The van der Waals surface area contributed by atoms with Gasteiger partial charge in [-0.3, -0.25) is 9.59 Å². The zero-order chi connectivity index (χ0) is 21.0. The normalized spacial score (nSPS) is 36.5. The van der Waals surface area contributed by atoms with E-state index in [4.69, 9.17) is 69.6 Å². The number of hydrogen-bond acceptors (Lipinski definition) is 2. The number of amides is 2. The lowest BCUT2D eigenvalue weighted by Gasteiger charge is -2.34. The topological polar surface area (TPSA) is 37.4 Å². The van der Waals surface area contributed by atoms with Gasteiger partial charge < -0.3 is 0 Å². The van der Waals surface area contributed by atoms with Gasteiger partial charge in [-0.15, -0.1) is 23.2 Å². The van der Waals surface area contributed by atoms with Crippen molar-refractivity contribution in [2.24, 2.45) is 11.8 Å². The third-order valence-corrected chi connectivity index (χ3v) is 9.60. The van der Waals surface area contributed by atoms with Crippen molar-refractivity contribution in [2.75, 3.05) is 4.90 Å². The first kappa shape index (κ1) is 20.9. The van der Waals surface area contributed by atoms with E-state index < -0.39 is 49.5 Å². The maximum absolute atomic E-state index is 13.1. The molecule has 28 heavy (non-hydrogen) atoms. The van der Waals surface area contributed by atoms with Gasteiger partial charge in [0, 0.05) is 0 Å². The number of nitrogens with zero attached hydrogens (tertiary/aromatic N) is 1. The number of benzene rings is 1. The zero-order valence-electron chi connectivity index (χ0n) is 13.1. The lowest BCUT2D eigenvalue weighted by molar-refractivity contribution is -0.137. The molecular weight excluding hydrogens is 508 g/mol. The fraction of sp³-hybridized carbons (Fsp3) is 0.375. The summed E-state index contributed by atoms with van der Waals surface area (Å²) in [6.45, 7) is 0. The Morgan fingerprint density at radius 3 is 1.79 bits per heavy atom. The summed E-state index contributed by atoms with van der Waals surface area (Å²) < 4.78 is 37.0. The van der Waals surface area contributed by atoms with Gasteiger partial charge in [0.1, 0.15) is 9.75 Å². The van der Waals surface area contributed by atoms with Crippen LogP contribution in [0.3, 0.4) is 0 Å². The predicted octanol–water partition coefficient (Wildman–Crippen LogP) is 5.66. The molecule has 2 fully saturated rings. The van der Waals surface area contributed by atoms with Gasteiger partial charge in [-0.1, -0.05) is 52.5 Å². The van der Waals surface area contributed by atoms with Gasteiger partial charge in [0.05, 0.1) is 33.2 Å². The molecule has 1 aliphatic heterocycles. The van der Waals surface area contributed by atoms with Crippen molar-refractivity contribution < 1.29 is 22.8 Å². The molecule has 1 saturated carbocycles. The Balaban J connectivity index is 1.87. The minimum atomic E-state index is -4.67. The number of imide groups is 1. The van der Waals surface area contributed by atoms with Gasteiger partial charge >= 0.3 is 6.18 Å². The van der Waals surface area contributed by atoms with E-state index in [-0.39, 0.29) is 15.8 Å². The summed E-state index contributed by atoms with van der Waals surface area (Å²) in [6.07, 6.45) is -4.67. The Morgan fingerprint density at radius 2 is 1.36 bits per heavy atom. The molecule has 3 aliphatic rings. The molecule has 150 valence electrons. The monoisotopic (exact) mass is 511 g/mol. The van der Waals surface area contributed by atoms with Gasteiger partial charge in [-0.2, -0.15) is 13.2 Å². The Bertz CT molecular complexity index is 933. The molecule has 0 radical (unpaired) electrons. The fourth-order valence-electron chi connectivity index (χ4n) is 4.07. The van der Waals surface area contributed by atoms with Crippen LogP contribution in [0.25, 0.3) is 0 Å². The van der Waals surface area contributed by atoms with Crippen molar-refractivity contribution in [1.82, 2.24) is 0 Å². The maximum Gasteiger partial charge on any atom is 0.416 e. The number of carbonyl (C=O) groups excluding carboxylic acids is 2. The number of halogens is 9. The smallest absolute Gasteiger partial charge is 0.274 e. The van der Waals surface area contributed by atoms with Crippen LogP contribution in [0.4, 0.5) is 18.9 Å². The molecule has 0 N–H and O–H groups in total. The van der Waals surface area contributed by atoms with E-state index in [0.717, 1.165) is 12.1 Å². The van der Waals surface area contributed by atoms with Crippen LogP contribution in [0.1, 0.15) is 5.56 Å². The Hall–Kier alpha value is -0.370. The molecule has 2 amide bonds. The van der Waals surface area contributed by atoms with Crippen LogP contribution < -0.4 is 4.90 Å². The molecule has 4 atom stereocenters. The summed E-state index contributed by atoms with van der Waals surface area (Å²) in [5.41, 5.74) is -1.33. The number of allylic oxidation sites excluding steroid dienone is 2. The molecule has 3 nitrogen and oxygen atoms in total. The van der Waals surface area contributed by atoms with E-state index in [1.165, 1.54) is 6.07 Å². The number of carbonyl (C=O) groups is 2. The van der Waals surface area contributed by atoms with Crippen molar-refractivity contribution in [3.63, 3.8) is 0 Å². The molecule has 12 heteroatoms. The summed E-state index contributed by atoms with van der Waals surface area (Å²) in [5.74, 6) is -4.64. The van der Waals surface area contributed by atoms with E-state index in [9.17, 15) is 22.8 Å². The number of hydrogen-bond donors (Lipinski definition) is 0. The Labute approximate surface area is 186 Å². The minimum Gasteiger partial charge on any atom is -0.274 e. The second kappa shape index (κ2) is 5.86. The van der Waals surface area contributed by atoms with Crippen LogP contribution in [-0.2, 0) is 15.8 Å². The highest BCUT2D eigenvalue weighted by atomic mass is 35.5. The van der Waals surface area contributed by atoms with Crippen molar-refractivity contribution in [3.8, 4) is 0 Å². The van der Waals surface area contributed by atoms with Gasteiger partial charge in [-0.05, 0) is 18.2 Å². The van der Waals surface area contributed by atoms with E-state index >= 15 is 0 Å². The lowest BCUT2D eigenvalue weighted by atomic mass is 9.84. The van der Waals surface area contributed by atoms with Crippen LogP contribution in [0.15, 0.2) is 34.3 Å². The van der Waals surface area contributed by atoms with Gasteiger partial charge in [-0.25, -0.2) is 4.90 Å². The highest BCUT2D eigenvalue weighted by molar-refractivity contribution is 6.67. The number of anilines is 1. The summed E-state index contributed by atoms with van der Waals surface area (Å²) in [5, 5.41) is -0.548. The third kappa shape index (κ3) is 2.12. The molecule has 1 aromatic rings. The summed E-state index contributed by atoms with van der Waals surface area (Å²) in [7, 11) is 0. The van der Waals surface area contributed by atoms with Crippen LogP contribution in [-0.4, -0.2) is 25.9 Å². The SMILES string of the molecule is O=C1[C@@H]2[C@@H](C(=O)N1c1cccc(C(F)(F)F)c1)[C@@]1(Cl)C(Cl)=C(Cl)[C@@]2(Cl)C1(Cl)Cl. The van der Waals surface area contributed by atoms with Crippen LogP contribution in [0.5, 0.6) is 0 Å². The van der Waals surface area contributed by atoms with Crippen molar-refractivity contribution in [3.05, 3.63) is 39.9 Å². The fourth-order valence-corrected chi connectivity index (χ4v) is 7.00. The molecular formula is C16H6Cl6F3NO2. The highest BCUT2D eigenvalue weighted by Gasteiger charge is 2.87. The average Bonchev–Trinajstić information content (AvgIpc) is 2.99. The van der Waals surface area contributed by atoms with E-state index in [1.807, 2.05) is 0 Å². The summed E-state index contributed by atoms with van der Waals surface area (Å²) in [6, 6.07) is 3.73. The maximum atomic E-state index is 13.1. The first-order valence-corrected chi connectivity index (χ1v) is 9.86. The second-order valence-corrected chi connectivity index (χ2v) is 9.92. The summed E-state index contributed by atoms with van der Waals surface area (Å²) >= 11 is 38.1. The lowest BCUT2D eigenvalue weighted by Crippen LogP contribution is -2.50. The Morgan fingerprint density at radius 1 is 0.893 bits per heavy atom. The number of rotatable bonds is 1. The largest absolute Gasteiger partial charge is 0.416 e. The standard InChI is InChI=1S/C16H6Cl6F3NO2/c17-9-10(18)14(20)8-7(13(9,19)16(14,21)22)11(27)26(12(8)28)6-3-1-2-5(4-6)15(23,24)25/h1-4,7-8H/t7-,8-,13+,14+/m0/s1.